The van der Waals surface area contributed by atoms with Gasteiger partial charge in [0.05, 0.1) is 10.6 Å². The van der Waals surface area contributed by atoms with Crippen molar-refractivity contribution in [2.24, 2.45) is 0 Å². The Morgan fingerprint density at radius 1 is 1.03 bits per heavy atom. The smallest absolute Gasteiger partial charge is 0.271 e. The van der Waals surface area contributed by atoms with Crippen molar-refractivity contribution in [3.8, 4) is 16.9 Å². The van der Waals surface area contributed by atoms with Crippen molar-refractivity contribution in [1.29, 1.82) is 0 Å². The van der Waals surface area contributed by atoms with Crippen molar-refractivity contribution in [3.63, 3.8) is 0 Å². The topological polar surface area (TPSA) is 107 Å². The van der Waals surface area contributed by atoms with Crippen LogP contribution in [0.1, 0.15) is 22.6 Å². The Kier molecular flexibility index (Phi) is 6.70. The minimum absolute atomic E-state index is 0.151. The molecule has 0 aliphatic heterocycles. The molecule has 0 spiro atoms. The van der Waals surface area contributed by atoms with E-state index < -0.39 is 10.0 Å². The van der Waals surface area contributed by atoms with Crippen LogP contribution in [-0.4, -0.2) is 29.9 Å². The summed E-state index contributed by atoms with van der Waals surface area (Å²) in [5.74, 6) is 0.460. The summed E-state index contributed by atoms with van der Waals surface area (Å²) in [4.78, 5) is 12.6. The van der Waals surface area contributed by atoms with Gasteiger partial charge in [-0.1, -0.05) is 41.0 Å². The first kappa shape index (κ1) is 23.9. The van der Waals surface area contributed by atoms with E-state index in [9.17, 15) is 13.2 Å². The van der Waals surface area contributed by atoms with Crippen LogP contribution in [-0.2, 0) is 16.4 Å². The van der Waals surface area contributed by atoms with Crippen molar-refractivity contribution in [3.05, 3.63) is 92.6 Å². The van der Waals surface area contributed by atoms with Gasteiger partial charge in [0.1, 0.15) is 11.4 Å². The average molecular weight is 499 g/mol. The van der Waals surface area contributed by atoms with Crippen LogP contribution in [0.5, 0.6) is 0 Å². The minimum atomic E-state index is -3.77. The molecule has 0 aliphatic rings. The highest BCUT2D eigenvalue weighted by Crippen LogP contribution is 2.24. The van der Waals surface area contributed by atoms with E-state index in [4.69, 9.17) is 16.1 Å². The molecule has 0 fully saturated rings. The van der Waals surface area contributed by atoms with E-state index in [0.717, 1.165) is 5.56 Å². The molecule has 0 amide bonds. The fourth-order valence-corrected chi connectivity index (χ4v) is 5.04. The van der Waals surface area contributed by atoms with Crippen molar-refractivity contribution in [2.75, 3.05) is 6.54 Å². The van der Waals surface area contributed by atoms with E-state index in [0.29, 0.717) is 45.4 Å². The van der Waals surface area contributed by atoms with Gasteiger partial charge in [0.25, 0.3) is 5.56 Å². The van der Waals surface area contributed by atoms with Crippen LogP contribution in [0.15, 0.2) is 68.8 Å². The summed E-state index contributed by atoms with van der Waals surface area (Å²) in [5, 5.41) is 8.96. The lowest BCUT2D eigenvalue weighted by molar-refractivity contribution is 0.392. The van der Waals surface area contributed by atoms with Gasteiger partial charge in [-0.2, -0.15) is 9.78 Å². The Morgan fingerprint density at radius 3 is 2.44 bits per heavy atom. The number of halogens is 1. The fourth-order valence-electron chi connectivity index (χ4n) is 3.61. The summed E-state index contributed by atoms with van der Waals surface area (Å²) in [6, 6.07) is 15.3. The minimum Gasteiger partial charge on any atom is -0.359 e. The van der Waals surface area contributed by atoms with Gasteiger partial charge in [0.15, 0.2) is 5.76 Å². The Morgan fingerprint density at radius 2 is 1.76 bits per heavy atom. The molecule has 10 heteroatoms. The average Bonchev–Trinajstić information content (AvgIpc) is 3.13. The zero-order chi connectivity index (χ0) is 24.5. The number of aromatic nitrogens is 3. The molecular formula is C24H23ClN4O4S. The molecule has 2 aromatic carbocycles. The first-order valence-electron chi connectivity index (χ1n) is 10.5. The Labute approximate surface area is 202 Å². The lowest BCUT2D eigenvalue weighted by Gasteiger charge is -2.12. The number of hydrogen-bond donors (Lipinski definition) is 1. The van der Waals surface area contributed by atoms with E-state index in [-0.39, 0.29) is 17.0 Å². The van der Waals surface area contributed by atoms with Crippen LogP contribution in [0.2, 0.25) is 5.02 Å². The summed E-state index contributed by atoms with van der Waals surface area (Å²) in [6.07, 6.45) is 0.527. The van der Waals surface area contributed by atoms with Gasteiger partial charge in [-0.05, 0) is 62.6 Å². The molecule has 0 atom stereocenters. The molecule has 2 aromatic heterocycles. The van der Waals surface area contributed by atoms with Crippen LogP contribution in [0, 0.1) is 20.8 Å². The van der Waals surface area contributed by atoms with Crippen LogP contribution in [0.3, 0.4) is 0 Å². The van der Waals surface area contributed by atoms with Gasteiger partial charge in [-0.15, -0.1) is 0 Å². The van der Waals surface area contributed by atoms with Gasteiger partial charge in [-0.3, -0.25) is 4.79 Å². The van der Waals surface area contributed by atoms with Crippen LogP contribution < -0.4 is 10.3 Å². The molecule has 0 radical (unpaired) electrons. The van der Waals surface area contributed by atoms with Crippen molar-refractivity contribution >= 4 is 21.6 Å². The Balaban J connectivity index is 1.62. The van der Waals surface area contributed by atoms with Gasteiger partial charge in [0, 0.05) is 23.2 Å². The Bertz CT molecular complexity index is 1490. The number of benzene rings is 2. The van der Waals surface area contributed by atoms with E-state index in [1.807, 2.05) is 12.1 Å². The highest BCUT2D eigenvalue weighted by molar-refractivity contribution is 7.89. The second-order valence-corrected chi connectivity index (χ2v) is 10.1. The maximum absolute atomic E-state index is 13.0. The van der Waals surface area contributed by atoms with E-state index >= 15 is 0 Å². The monoisotopic (exact) mass is 498 g/mol. The number of nitrogens with one attached hydrogen (secondary N) is 1. The molecule has 176 valence electrons. The summed E-state index contributed by atoms with van der Waals surface area (Å²) in [6.45, 7) is 5.39. The summed E-state index contributed by atoms with van der Waals surface area (Å²) < 4.78 is 35.1. The highest BCUT2D eigenvalue weighted by Gasteiger charge is 2.19. The van der Waals surface area contributed by atoms with Gasteiger partial charge in [-0.25, -0.2) is 13.1 Å². The zero-order valence-electron chi connectivity index (χ0n) is 18.9. The van der Waals surface area contributed by atoms with E-state index in [1.165, 1.54) is 10.7 Å². The van der Waals surface area contributed by atoms with Crippen LogP contribution in [0.4, 0.5) is 0 Å². The predicted molar refractivity (Wildman–Crippen MR) is 130 cm³/mol. The third-order valence-electron chi connectivity index (χ3n) is 5.40. The van der Waals surface area contributed by atoms with Crippen molar-refractivity contribution in [2.45, 2.75) is 32.1 Å². The largest absolute Gasteiger partial charge is 0.359 e. The molecule has 4 aromatic rings. The number of aryl methyl sites for hydroxylation is 3. The van der Waals surface area contributed by atoms with E-state index in [2.05, 4.69) is 15.0 Å². The number of sulfonamides is 1. The maximum Gasteiger partial charge on any atom is 0.271 e. The second kappa shape index (κ2) is 9.54. The van der Waals surface area contributed by atoms with Crippen molar-refractivity contribution in [1.82, 2.24) is 19.7 Å². The third kappa shape index (κ3) is 4.96. The van der Waals surface area contributed by atoms with Gasteiger partial charge >= 0.3 is 0 Å². The highest BCUT2D eigenvalue weighted by atomic mass is 35.5. The number of nitrogens with zero attached hydrogens (tertiary/aromatic N) is 3. The molecular weight excluding hydrogens is 476 g/mol. The van der Waals surface area contributed by atoms with Gasteiger partial charge in [0.2, 0.25) is 10.0 Å². The zero-order valence-corrected chi connectivity index (χ0v) is 20.4. The van der Waals surface area contributed by atoms with Crippen molar-refractivity contribution < 1.29 is 12.9 Å². The number of rotatable bonds is 7. The molecule has 1 N–H and O–H groups in total. The lowest BCUT2D eigenvalue weighted by atomic mass is 10.1. The molecule has 0 saturated heterocycles. The standard InChI is InChI=1S/C24H23ClN4O4S/c1-15-4-7-19(21-10-11-23(30)29(27-21)24-16(2)28-33-17(24)3)14-22(15)34(31,32)26-13-12-18-5-8-20(25)9-6-18/h4-11,14,26H,12-13H2,1-3H3. The normalized spacial score (nSPS) is 11.6. The molecule has 0 bridgehead atoms. The molecule has 0 saturated carbocycles. The van der Waals surface area contributed by atoms with E-state index in [1.54, 1.807) is 57.2 Å². The maximum atomic E-state index is 13.0. The first-order valence-corrected chi connectivity index (χ1v) is 12.4. The molecule has 2 heterocycles. The lowest BCUT2D eigenvalue weighted by Crippen LogP contribution is -2.26. The third-order valence-corrected chi connectivity index (χ3v) is 7.26. The SMILES string of the molecule is Cc1ccc(-c2ccc(=O)n(-c3c(C)noc3C)n2)cc1S(=O)(=O)NCCc1ccc(Cl)cc1. The van der Waals surface area contributed by atoms with Crippen LogP contribution >= 0.6 is 11.6 Å². The fraction of sp³-hybridized carbons (Fsp3) is 0.208. The second-order valence-electron chi connectivity index (χ2n) is 7.90. The molecule has 0 aliphatic carbocycles. The molecule has 8 nitrogen and oxygen atoms in total. The molecule has 34 heavy (non-hydrogen) atoms. The van der Waals surface area contributed by atoms with Crippen LogP contribution in [0.25, 0.3) is 16.9 Å². The Hall–Kier alpha value is -3.27. The summed E-state index contributed by atoms with van der Waals surface area (Å²) in [5.41, 5.74) is 3.23. The predicted octanol–water partition coefficient (Wildman–Crippen LogP) is 3.99. The summed E-state index contributed by atoms with van der Waals surface area (Å²) >= 11 is 5.90. The summed E-state index contributed by atoms with van der Waals surface area (Å²) in [7, 11) is -3.77. The quantitative estimate of drug-likeness (QED) is 0.413. The number of hydrogen-bond acceptors (Lipinski definition) is 6. The van der Waals surface area contributed by atoms with Gasteiger partial charge < -0.3 is 4.52 Å². The first-order chi connectivity index (χ1) is 16.2. The molecule has 4 rings (SSSR count). The molecule has 0 unspecified atom stereocenters.